The molecule has 0 fully saturated rings. The summed E-state index contributed by atoms with van der Waals surface area (Å²) >= 11 is 0. The molecule has 1 heterocycles. The highest BCUT2D eigenvalue weighted by molar-refractivity contribution is 5.80. The minimum absolute atomic E-state index is 0.236. The third-order valence-electron chi connectivity index (χ3n) is 2.91. The predicted molar refractivity (Wildman–Crippen MR) is 71.6 cm³/mol. The lowest BCUT2D eigenvalue weighted by molar-refractivity contribution is 0.638. The van der Waals surface area contributed by atoms with E-state index in [1.165, 1.54) is 6.07 Å². The quantitative estimate of drug-likeness (QED) is 0.797. The van der Waals surface area contributed by atoms with E-state index in [0.717, 1.165) is 24.2 Å². The molecule has 0 amide bonds. The molecule has 2 rings (SSSR count). The van der Waals surface area contributed by atoms with Crippen LogP contribution in [0.3, 0.4) is 0 Å². The number of benzene rings is 1. The zero-order chi connectivity index (χ0) is 13.0. The Balaban J connectivity index is 2.40. The fraction of sp³-hybridized carbons (Fsp3) is 0.357. The van der Waals surface area contributed by atoms with Crippen molar-refractivity contribution in [3.8, 4) is 0 Å². The summed E-state index contributed by atoms with van der Waals surface area (Å²) in [5, 5.41) is 3.85. The summed E-state index contributed by atoms with van der Waals surface area (Å²) < 4.78 is 13.7. The number of nitrogens with zero attached hydrogens (tertiary/aromatic N) is 1. The van der Waals surface area contributed by atoms with Gasteiger partial charge in [0.15, 0.2) is 0 Å². The number of hydrogen-bond acceptors (Lipinski definition) is 3. The third kappa shape index (κ3) is 2.66. The molecular weight excluding hydrogens is 229 g/mol. The van der Waals surface area contributed by atoms with Crippen LogP contribution in [0.5, 0.6) is 0 Å². The molecule has 0 aliphatic rings. The van der Waals surface area contributed by atoms with Crippen LogP contribution >= 0.6 is 0 Å². The van der Waals surface area contributed by atoms with Crippen molar-refractivity contribution in [2.45, 2.75) is 26.4 Å². The molecule has 0 bridgehead atoms. The second-order valence-corrected chi connectivity index (χ2v) is 4.28. The average molecular weight is 247 g/mol. The highest BCUT2D eigenvalue weighted by Gasteiger charge is 2.08. The van der Waals surface area contributed by atoms with Crippen molar-refractivity contribution in [2.24, 2.45) is 5.73 Å². The molecule has 0 saturated heterocycles. The van der Waals surface area contributed by atoms with Crippen LogP contribution in [0.15, 0.2) is 24.3 Å². The summed E-state index contributed by atoms with van der Waals surface area (Å²) in [5.41, 5.74) is 8.17. The molecule has 3 N–H and O–H groups in total. The Hall–Kier alpha value is -1.52. The van der Waals surface area contributed by atoms with Crippen molar-refractivity contribution < 1.29 is 4.39 Å². The van der Waals surface area contributed by atoms with E-state index >= 15 is 0 Å². The molecule has 4 heteroatoms. The SMILES string of the molecule is CCCNCc1cc2c(F)cccc2nc1CN. The van der Waals surface area contributed by atoms with E-state index in [-0.39, 0.29) is 5.82 Å². The monoisotopic (exact) mass is 247 g/mol. The van der Waals surface area contributed by atoms with Gasteiger partial charge < -0.3 is 11.1 Å². The maximum absolute atomic E-state index is 13.7. The van der Waals surface area contributed by atoms with Crippen molar-refractivity contribution in [2.75, 3.05) is 6.54 Å². The topological polar surface area (TPSA) is 50.9 Å². The van der Waals surface area contributed by atoms with Gasteiger partial charge in [-0.05, 0) is 36.7 Å². The van der Waals surface area contributed by atoms with Crippen LogP contribution in [-0.2, 0) is 13.1 Å². The first-order valence-corrected chi connectivity index (χ1v) is 6.24. The number of halogens is 1. The number of nitrogens with one attached hydrogen (secondary N) is 1. The van der Waals surface area contributed by atoms with Gasteiger partial charge in [0.1, 0.15) is 5.82 Å². The highest BCUT2D eigenvalue weighted by Crippen LogP contribution is 2.19. The van der Waals surface area contributed by atoms with Crippen molar-refractivity contribution >= 4 is 10.9 Å². The van der Waals surface area contributed by atoms with Crippen LogP contribution in [0.25, 0.3) is 10.9 Å². The molecule has 0 spiro atoms. The molecule has 3 nitrogen and oxygen atoms in total. The normalized spacial score (nSPS) is 11.1. The van der Waals surface area contributed by atoms with E-state index in [9.17, 15) is 4.39 Å². The summed E-state index contributed by atoms with van der Waals surface area (Å²) in [6.45, 7) is 4.09. The van der Waals surface area contributed by atoms with Gasteiger partial charge in [-0.3, -0.25) is 4.98 Å². The Kier molecular flexibility index (Phi) is 4.23. The van der Waals surface area contributed by atoms with Gasteiger partial charge >= 0.3 is 0 Å². The summed E-state index contributed by atoms with van der Waals surface area (Å²) in [4.78, 5) is 4.43. The van der Waals surface area contributed by atoms with E-state index in [1.54, 1.807) is 12.1 Å². The molecule has 0 atom stereocenters. The van der Waals surface area contributed by atoms with Crippen LogP contribution in [0.2, 0.25) is 0 Å². The third-order valence-corrected chi connectivity index (χ3v) is 2.91. The number of pyridine rings is 1. The van der Waals surface area contributed by atoms with Crippen LogP contribution in [-0.4, -0.2) is 11.5 Å². The van der Waals surface area contributed by atoms with Gasteiger partial charge in [0, 0.05) is 18.5 Å². The molecule has 96 valence electrons. The fourth-order valence-electron chi connectivity index (χ4n) is 1.97. The molecule has 1 aromatic carbocycles. The first kappa shape index (κ1) is 12.9. The summed E-state index contributed by atoms with van der Waals surface area (Å²) in [5.74, 6) is -0.236. The van der Waals surface area contributed by atoms with Gasteiger partial charge in [-0.25, -0.2) is 4.39 Å². The number of rotatable bonds is 5. The van der Waals surface area contributed by atoms with Gasteiger partial charge in [0.25, 0.3) is 0 Å². The fourth-order valence-corrected chi connectivity index (χ4v) is 1.97. The molecule has 0 radical (unpaired) electrons. The first-order chi connectivity index (χ1) is 8.76. The summed E-state index contributed by atoms with van der Waals surface area (Å²) in [6, 6.07) is 6.78. The predicted octanol–water partition coefficient (Wildman–Crippen LogP) is 2.33. The molecule has 1 aromatic heterocycles. The Labute approximate surface area is 106 Å². The van der Waals surface area contributed by atoms with Crippen LogP contribution in [0.1, 0.15) is 24.6 Å². The maximum atomic E-state index is 13.7. The van der Waals surface area contributed by atoms with E-state index in [0.29, 0.717) is 24.0 Å². The number of aromatic nitrogens is 1. The minimum atomic E-state index is -0.236. The summed E-state index contributed by atoms with van der Waals surface area (Å²) in [6.07, 6.45) is 1.06. The molecule has 2 aromatic rings. The second-order valence-electron chi connectivity index (χ2n) is 4.28. The van der Waals surface area contributed by atoms with Crippen molar-refractivity contribution in [1.82, 2.24) is 10.3 Å². The number of hydrogen-bond donors (Lipinski definition) is 2. The standard InChI is InChI=1S/C14H18FN3/c1-2-6-17-9-10-7-11-12(15)4-3-5-13(11)18-14(10)8-16/h3-5,7,17H,2,6,8-9,16H2,1H3. The Morgan fingerprint density at radius 1 is 1.39 bits per heavy atom. The Bertz CT molecular complexity index is 540. The lowest BCUT2D eigenvalue weighted by Gasteiger charge is -2.10. The van der Waals surface area contributed by atoms with Gasteiger partial charge in [0.2, 0.25) is 0 Å². The smallest absolute Gasteiger partial charge is 0.132 e. The minimum Gasteiger partial charge on any atom is -0.325 e. The lowest BCUT2D eigenvalue weighted by Crippen LogP contribution is -2.17. The van der Waals surface area contributed by atoms with Crippen LogP contribution in [0, 0.1) is 5.82 Å². The largest absolute Gasteiger partial charge is 0.325 e. The zero-order valence-electron chi connectivity index (χ0n) is 10.5. The number of nitrogens with two attached hydrogens (primary N) is 1. The van der Waals surface area contributed by atoms with Gasteiger partial charge in [-0.1, -0.05) is 13.0 Å². The van der Waals surface area contributed by atoms with Crippen LogP contribution < -0.4 is 11.1 Å². The maximum Gasteiger partial charge on any atom is 0.132 e. The molecule has 0 aliphatic carbocycles. The van der Waals surface area contributed by atoms with E-state index in [4.69, 9.17) is 5.73 Å². The Morgan fingerprint density at radius 3 is 2.94 bits per heavy atom. The summed E-state index contributed by atoms with van der Waals surface area (Å²) in [7, 11) is 0. The molecule has 0 unspecified atom stereocenters. The average Bonchev–Trinajstić information content (AvgIpc) is 2.39. The van der Waals surface area contributed by atoms with Gasteiger partial charge in [0.05, 0.1) is 11.2 Å². The highest BCUT2D eigenvalue weighted by atomic mass is 19.1. The van der Waals surface area contributed by atoms with Crippen molar-refractivity contribution in [3.63, 3.8) is 0 Å². The Morgan fingerprint density at radius 2 is 2.22 bits per heavy atom. The zero-order valence-corrected chi connectivity index (χ0v) is 10.5. The second kappa shape index (κ2) is 5.89. The van der Waals surface area contributed by atoms with E-state index in [2.05, 4.69) is 17.2 Å². The number of fused-ring (bicyclic) bond motifs is 1. The molecule has 0 saturated carbocycles. The molecule has 0 aliphatic heterocycles. The first-order valence-electron chi connectivity index (χ1n) is 6.24. The van der Waals surface area contributed by atoms with Crippen molar-refractivity contribution in [3.05, 3.63) is 41.3 Å². The lowest BCUT2D eigenvalue weighted by atomic mass is 10.1. The van der Waals surface area contributed by atoms with E-state index < -0.39 is 0 Å². The molecular formula is C14H18FN3. The van der Waals surface area contributed by atoms with Crippen molar-refractivity contribution in [1.29, 1.82) is 0 Å². The molecule has 18 heavy (non-hydrogen) atoms. The van der Waals surface area contributed by atoms with Crippen LogP contribution in [0.4, 0.5) is 4.39 Å². The van der Waals surface area contributed by atoms with E-state index in [1.807, 2.05) is 6.07 Å². The van der Waals surface area contributed by atoms with Gasteiger partial charge in [-0.15, -0.1) is 0 Å². The van der Waals surface area contributed by atoms with Gasteiger partial charge in [-0.2, -0.15) is 0 Å².